The number of amides is 1. The molecule has 4 aromatic rings. The van der Waals surface area contributed by atoms with Crippen molar-refractivity contribution in [1.29, 1.82) is 0 Å². The third kappa shape index (κ3) is 6.02. The zero-order valence-corrected chi connectivity index (χ0v) is 19.5. The molecule has 1 aromatic heterocycles. The molecule has 0 fully saturated rings. The van der Waals surface area contributed by atoms with Gasteiger partial charge < -0.3 is 14.8 Å². The third-order valence-electron chi connectivity index (χ3n) is 5.17. The van der Waals surface area contributed by atoms with Gasteiger partial charge in [-0.2, -0.15) is 5.10 Å². The van der Waals surface area contributed by atoms with Gasteiger partial charge in [-0.05, 0) is 50.6 Å². The molecule has 0 unspecified atom stereocenters. The number of anilines is 1. The van der Waals surface area contributed by atoms with Gasteiger partial charge in [-0.1, -0.05) is 35.4 Å². The minimum Gasteiger partial charge on any atom is -0.471 e. The Kier molecular flexibility index (Phi) is 6.77. The molecule has 0 saturated heterocycles. The van der Waals surface area contributed by atoms with Gasteiger partial charge in [-0.25, -0.2) is 4.68 Å². The number of non-ortho nitro benzene ring substituents is 1. The number of benzene rings is 3. The molecule has 35 heavy (non-hydrogen) atoms. The molecule has 0 bridgehead atoms. The summed E-state index contributed by atoms with van der Waals surface area (Å²) < 4.78 is 13.0. The van der Waals surface area contributed by atoms with Crippen LogP contribution in [0.3, 0.4) is 0 Å². The van der Waals surface area contributed by atoms with Gasteiger partial charge in [0.2, 0.25) is 0 Å². The topological polar surface area (TPSA) is 109 Å². The van der Waals surface area contributed by atoms with Crippen molar-refractivity contribution in [2.75, 3.05) is 5.32 Å². The number of hydrogen-bond donors (Lipinski definition) is 1. The van der Waals surface area contributed by atoms with Gasteiger partial charge in [0.15, 0.2) is 12.4 Å². The highest BCUT2D eigenvalue weighted by Crippen LogP contribution is 2.30. The van der Waals surface area contributed by atoms with Crippen molar-refractivity contribution in [3.05, 3.63) is 105 Å². The zero-order valence-electron chi connectivity index (χ0n) is 19.5. The van der Waals surface area contributed by atoms with Crippen LogP contribution < -0.4 is 14.8 Å². The Bertz CT molecular complexity index is 1380. The normalized spacial score (nSPS) is 10.6. The molecule has 0 radical (unpaired) electrons. The fraction of sp³-hybridized carbons (Fsp3) is 0.154. The number of aryl methyl sites for hydroxylation is 3. The van der Waals surface area contributed by atoms with Gasteiger partial charge in [0, 0.05) is 18.3 Å². The number of nitrogens with zero attached hydrogens (tertiary/aromatic N) is 3. The van der Waals surface area contributed by atoms with E-state index in [1.807, 2.05) is 51.1 Å². The molecule has 0 spiro atoms. The van der Waals surface area contributed by atoms with Crippen LogP contribution in [-0.2, 0) is 6.73 Å². The van der Waals surface area contributed by atoms with Gasteiger partial charge in [0.05, 0.1) is 16.7 Å². The van der Waals surface area contributed by atoms with E-state index in [2.05, 4.69) is 10.4 Å². The van der Waals surface area contributed by atoms with Crippen LogP contribution in [0, 0.1) is 30.9 Å². The lowest BCUT2D eigenvalue weighted by atomic mass is 10.1. The quantitative estimate of drug-likeness (QED) is 0.257. The summed E-state index contributed by atoms with van der Waals surface area (Å²) in [6.07, 6.45) is 1.62. The van der Waals surface area contributed by atoms with Crippen LogP contribution in [0.5, 0.6) is 17.2 Å². The summed E-state index contributed by atoms with van der Waals surface area (Å²) in [5, 5.41) is 18.3. The highest BCUT2D eigenvalue weighted by molar-refractivity contribution is 6.03. The summed E-state index contributed by atoms with van der Waals surface area (Å²) in [7, 11) is 0. The molecule has 0 aliphatic carbocycles. The zero-order chi connectivity index (χ0) is 24.9. The van der Waals surface area contributed by atoms with E-state index in [9.17, 15) is 14.9 Å². The van der Waals surface area contributed by atoms with E-state index in [0.717, 1.165) is 22.4 Å². The Labute approximate surface area is 202 Å². The second-order valence-electron chi connectivity index (χ2n) is 8.12. The molecule has 1 heterocycles. The molecule has 0 saturated carbocycles. The number of carbonyl (C=O) groups is 1. The molecule has 4 rings (SSSR count). The Balaban J connectivity index is 1.46. The van der Waals surface area contributed by atoms with E-state index in [1.54, 1.807) is 24.4 Å². The predicted octanol–water partition coefficient (Wildman–Crippen LogP) is 5.80. The Morgan fingerprint density at radius 2 is 1.71 bits per heavy atom. The highest BCUT2D eigenvalue weighted by atomic mass is 16.6. The number of ether oxygens (including phenoxy) is 2. The SMILES string of the molecule is Cc1ccc(Oc2cc(NC(=O)c3ccn(COc4ccc(C)cc4C)n3)cc([N+](=O)[O-])c2)cc1. The largest absolute Gasteiger partial charge is 0.471 e. The van der Waals surface area contributed by atoms with Crippen LogP contribution in [0.25, 0.3) is 0 Å². The summed E-state index contributed by atoms with van der Waals surface area (Å²) in [4.78, 5) is 23.6. The first-order valence-corrected chi connectivity index (χ1v) is 10.9. The van der Waals surface area contributed by atoms with Gasteiger partial charge in [-0.3, -0.25) is 14.9 Å². The van der Waals surface area contributed by atoms with Crippen LogP contribution in [0.1, 0.15) is 27.2 Å². The highest BCUT2D eigenvalue weighted by Gasteiger charge is 2.16. The third-order valence-corrected chi connectivity index (χ3v) is 5.17. The number of aromatic nitrogens is 2. The van der Waals surface area contributed by atoms with Crippen molar-refractivity contribution in [2.24, 2.45) is 0 Å². The maximum absolute atomic E-state index is 12.7. The lowest BCUT2D eigenvalue weighted by molar-refractivity contribution is -0.384. The van der Waals surface area contributed by atoms with Crippen LogP contribution >= 0.6 is 0 Å². The molecule has 0 aliphatic rings. The summed E-state index contributed by atoms with van der Waals surface area (Å²) in [5.74, 6) is 0.966. The smallest absolute Gasteiger partial charge is 0.276 e. The van der Waals surface area contributed by atoms with Gasteiger partial charge in [0.1, 0.15) is 17.2 Å². The summed E-state index contributed by atoms with van der Waals surface area (Å²) in [6, 6.07) is 18.8. The first-order valence-electron chi connectivity index (χ1n) is 10.9. The lowest BCUT2D eigenvalue weighted by Crippen LogP contribution is -2.14. The van der Waals surface area contributed by atoms with Crippen LogP contribution in [0.4, 0.5) is 11.4 Å². The minimum atomic E-state index is -0.545. The molecule has 1 amide bonds. The molecular weight excluding hydrogens is 448 g/mol. The Hall–Kier alpha value is -4.66. The first-order chi connectivity index (χ1) is 16.8. The molecule has 0 atom stereocenters. The molecule has 9 nitrogen and oxygen atoms in total. The van der Waals surface area contributed by atoms with Gasteiger partial charge >= 0.3 is 0 Å². The molecular formula is C26H24N4O5. The molecule has 9 heteroatoms. The number of rotatable bonds is 8. The summed E-state index contributed by atoms with van der Waals surface area (Å²) >= 11 is 0. The van der Waals surface area contributed by atoms with Crippen molar-refractivity contribution < 1.29 is 19.2 Å². The van der Waals surface area contributed by atoms with Crippen molar-refractivity contribution in [3.63, 3.8) is 0 Å². The lowest BCUT2D eigenvalue weighted by Gasteiger charge is -2.10. The van der Waals surface area contributed by atoms with E-state index in [0.29, 0.717) is 5.75 Å². The van der Waals surface area contributed by atoms with Crippen LogP contribution in [0.2, 0.25) is 0 Å². The second kappa shape index (κ2) is 10.1. The maximum Gasteiger partial charge on any atom is 0.276 e. The van der Waals surface area contributed by atoms with E-state index in [4.69, 9.17) is 9.47 Å². The Morgan fingerprint density at radius 3 is 2.43 bits per heavy atom. The summed E-state index contributed by atoms with van der Waals surface area (Å²) in [6.45, 7) is 6.04. The van der Waals surface area contributed by atoms with Crippen molar-refractivity contribution in [3.8, 4) is 17.2 Å². The van der Waals surface area contributed by atoms with E-state index in [1.165, 1.54) is 22.9 Å². The van der Waals surface area contributed by atoms with Crippen molar-refractivity contribution >= 4 is 17.3 Å². The van der Waals surface area contributed by atoms with E-state index >= 15 is 0 Å². The van der Waals surface area contributed by atoms with Gasteiger partial charge in [0.25, 0.3) is 11.6 Å². The molecule has 3 aromatic carbocycles. The number of hydrogen-bond acceptors (Lipinski definition) is 6. The van der Waals surface area contributed by atoms with E-state index in [-0.39, 0.29) is 29.5 Å². The Morgan fingerprint density at radius 1 is 0.971 bits per heavy atom. The standard InChI is InChI=1S/C26H24N4O5/c1-17-4-7-22(8-5-17)35-23-14-20(13-21(15-23)30(32)33)27-26(31)24-10-11-29(28-24)16-34-25-9-6-18(2)12-19(25)3/h4-15H,16H2,1-3H3,(H,27,31). The number of nitro benzene ring substituents is 1. The average molecular weight is 473 g/mol. The van der Waals surface area contributed by atoms with Crippen molar-refractivity contribution in [2.45, 2.75) is 27.5 Å². The number of nitro groups is 1. The number of carbonyl (C=O) groups excluding carboxylic acids is 1. The monoisotopic (exact) mass is 472 g/mol. The minimum absolute atomic E-state index is 0.128. The first kappa shape index (κ1) is 23.5. The molecule has 1 N–H and O–H groups in total. The van der Waals surface area contributed by atoms with Gasteiger partial charge in [-0.15, -0.1) is 0 Å². The fourth-order valence-electron chi connectivity index (χ4n) is 3.41. The van der Waals surface area contributed by atoms with Crippen LogP contribution in [0.15, 0.2) is 72.9 Å². The summed E-state index contributed by atoms with van der Waals surface area (Å²) in [5.41, 5.74) is 3.35. The number of nitrogens with one attached hydrogen (secondary N) is 1. The molecule has 178 valence electrons. The molecule has 0 aliphatic heterocycles. The van der Waals surface area contributed by atoms with Crippen molar-refractivity contribution in [1.82, 2.24) is 9.78 Å². The maximum atomic E-state index is 12.7. The average Bonchev–Trinajstić information content (AvgIpc) is 3.29. The second-order valence-corrected chi connectivity index (χ2v) is 8.12. The van der Waals surface area contributed by atoms with Crippen LogP contribution in [-0.4, -0.2) is 20.6 Å². The fourth-order valence-corrected chi connectivity index (χ4v) is 3.41. The predicted molar refractivity (Wildman–Crippen MR) is 131 cm³/mol. The van der Waals surface area contributed by atoms with E-state index < -0.39 is 10.8 Å².